The van der Waals surface area contributed by atoms with Gasteiger partial charge in [-0.1, -0.05) is 11.8 Å². The van der Waals surface area contributed by atoms with Crippen LogP contribution in [-0.2, 0) is 11.8 Å². The Morgan fingerprint density at radius 2 is 2.12 bits per heavy atom. The van der Waals surface area contributed by atoms with Gasteiger partial charge in [-0.05, 0) is 26.8 Å². The number of rotatable bonds is 5. The zero-order chi connectivity index (χ0) is 18.0. The third-order valence-electron chi connectivity index (χ3n) is 4.85. The fourth-order valence-corrected chi connectivity index (χ4v) is 4.03. The molecule has 0 spiro atoms. The van der Waals surface area contributed by atoms with Gasteiger partial charge in [0.15, 0.2) is 11.0 Å². The molecule has 1 aliphatic heterocycles. The number of amides is 1. The normalized spacial score (nSPS) is 17.0. The van der Waals surface area contributed by atoms with E-state index in [2.05, 4.69) is 17.1 Å². The zero-order valence-electron chi connectivity index (χ0n) is 15.3. The molecule has 1 N–H and O–H groups in total. The maximum absolute atomic E-state index is 12.7. The molecule has 2 aromatic rings. The van der Waals surface area contributed by atoms with Crippen molar-refractivity contribution in [2.45, 2.75) is 31.2 Å². The van der Waals surface area contributed by atoms with Gasteiger partial charge in [0.1, 0.15) is 5.76 Å². The Kier molecular flexibility index (Phi) is 5.48. The largest absolute Gasteiger partial charge is 0.469 e. The van der Waals surface area contributed by atoms with Crippen LogP contribution in [0.5, 0.6) is 0 Å². The molecule has 25 heavy (non-hydrogen) atoms. The number of hydrogen-bond donors (Lipinski definition) is 1. The van der Waals surface area contributed by atoms with Crippen LogP contribution in [0.25, 0.3) is 11.4 Å². The number of furan rings is 1. The molecule has 3 heterocycles. The van der Waals surface area contributed by atoms with Crippen LogP contribution in [0.2, 0.25) is 0 Å². The lowest BCUT2D eigenvalue weighted by molar-refractivity contribution is -0.902. The molecule has 3 rings (SSSR count). The standard InChI is InChI=1S/C17H25N5O2S/c1-5-21-7-9-22(10-8-21)16(23)13(3)25-17-19-18-15(20(17)4)14-6-11-24-12(14)2/h6,11,13H,5,7-10H2,1-4H3/p+1/t13-/m1/s1. The van der Waals surface area contributed by atoms with Crippen molar-refractivity contribution >= 4 is 17.7 Å². The third-order valence-corrected chi connectivity index (χ3v) is 5.97. The van der Waals surface area contributed by atoms with Crippen molar-refractivity contribution in [3.63, 3.8) is 0 Å². The number of piperazine rings is 1. The van der Waals surface area contributed by atoms with Crippen molar-refractivity contribution in [3.05, 3.63) is 18.1 Å². The summed E-state index contributed by atoms with van der Waals surface area (Å²) >= 11 is 1.46. The van der Waals surface area contributed by atoms with Crippen molar-refractivity contribution < 1.29 is 14.1 Å². The van der Waals surface area contributed by atoms with E-state index in [4.69, 9.17) is 4.42 Å². The molecule has 1 aliphatic rings. The molecule has 0 aliphatic carbocycles. The molecule has 1 fully saturated rings. The second-order valence-electron chi connectivity index (χ2n) is 6.44. The molecule has 0 aromatic carbocycles. The van der Waals surface area contributed by atoms with Crippen LogP contribution in [0.4, 0.5) is 0 Å². The average molecular weight is 364 g/mol. The molecule has 0 unspecified atom stereocenters. The second kappa shape index (κ2) is 7.61. The van der Waals surface area contributed by atoms with Crippen LogP contribution < -0.4 is 4.90 Å². The highest BCUT2D eigenvalue weighted by molar-refractivity contribution is 8.00. The van der Waals surface area contributed by atoms with Crippen LogP contribution in [0.1, 0.15) is 19.6 Å². The first-order chi connectivity index (χ1) is 12.0. The molecule has 8 heteroatoms. The van der Waals surface area contributed by atoms with Crippen LogP contribution in [0.3, 0.4) is 0 Å². The summed E-state index contributed by atoms with van der Waals surface area (Å²) in [5.74, 6) is 1.75. The fourth-order valence-electron chi connectivity index (χ4n) is 3.13. The van der Waals surface area contributed by atoms with Crippen LogP contribution >= 0.6 is 11.8 Å². The number of aromatic nitrogens is 3. The van der Waals surface area contributed by atoms with E-state index in [0.717, 1.165) is 55.0 Å². The number of carbonyl (C=O) groups excluding carboxylic acids is 1. The van der Waals surface area contributed by atoms with Gasteiger partial charge < -0.3 is 18.8 Å². The summed E-state index contributed by atoms with van der Waals surface area (Å²) in [6, 6.07) is 1.89. The molecule has 7 nitrogen and oxygen atoms in total. The molecule has 0 bridgehead atoms. The second-order valence-corrected chi connectivity index (χ2v) is 7.75. The van der Waals surface area contributed by atoms with Crippen molar-refractivity contribution in [2.24, 2.45) is 7.05 Å². The molecule has 136 valence electrons. The quantitative estimate of drug-likeness (QED) is 0.788. The Bertz CT molecular complexity index is 733. The maximum atomic E-state index is 12.7. The van der Waals surface area contributed by atoms with Gasteiger partial charge in [0, 0.05) is 7.05 Å². The lowest BCUT2D eigenvalue weighted by Gasteiger charge is -2.32. The highest BCUT2D eigenvalue weighted by atomic mass is 32.2. The monoisotopic (exact) mass is 364 g/mol. The molecule has 0 radical (unpaired) electrons. The first kappa shape index (κ1) is 18.0. The summed E-state index contributed by atoms with van der Waals surface area (Å²) in [4.78, 5) is 16.3. The van der Waals surface area contributed by atoms with E-state index >= 15 is 0 Å². The van der Waals surface area contributed by atoms with Gasteiger partial charge in [0.2, 0.25) is 5.91 Å². The number of carbonyl (C=O) groups is 1. The number of nitrogens with zero attached hydrogens (tertiary/aromatic N) is 4. The van der Waals surface area contributed by atoms with Gasteiger partial charge in [-0.15, -0.1) is 10.2 Å². The Hall–Kier alpha value is -1.80. The van der Waals surface area contributed by atoms with Gasteiger partial charge >= 0.3 is 0 Å². The maximum Gasteiger partial charge on any atom is 0.236 e. The number of quaternary nitrogens is 1. The number of thioether (sulfide) groups is 1. The molecule has 0 saturated carbocycles. The number of nitrogens with one attached hydrogen (secondary N) is 1. The average Bonchev–Trinajstić information content (AvgIpc) is 3.20. The van der Waals surface area contributed by atoms with Crippen LogP contribution in [-0.4, -0.2) is 63.5 Å². The van der Waals surface area contributed by atoms with Gasteiger partial charge in [-0.25, -0.2) is 0 Å². The van der Waals surface area contributed by atoms with Gasteiger partial charge in [0.05, 0.1) is 49.8 Å². The Balaban J connectivity index is 1.65. The topological polar surface area (TPSA) is 68.6 Å². The summed E-state index contributed by atoms with van der Waals surface area (Å²) in [6.07, 6.45) is 1.65. The SMILES string of the molecule is CC[NH+]1CCN(C(=O)[C@@H](C)Sc2nnc(-c3ccoc3C)n2C)CC1. The molecule has 2 aromatic heterocycles. The summed E-state index contributed by atoms with van der Waals surface area (Å²) < 4.78 is 7.27. The zero-order valence-corrected chi connectivity index (χ0v) is 16.1. The van der Waals surface area contributed by atoms with E-state index in [0.29, 0.717) is 0 Å². The third kappa shape index (κ3) is 3.74. The number of likely N-dealkylation sites (N-methyl/N-ethyl adjacent to an activating group) is 1. The predicted octanol–water partition coefficient (Wildman–Crippen LogP) is 0.611. The first-order valence-corrected chi connectivity index (χ1v) is 9.62. The van der Waals surface area contributed by atoms with Crippen molar-refractivity contribution in [3.8, 4) is 11.4 Å². The summed E-state index contributed by atoms with van der Waals surface area (Å²) in [5, 5.41) is 9.10. The van der Waals surface area contributed by atoms with Gasteiger partial charge in [-0.3, -0.25) is 4.79 Å². The molecular weight excluding hydrogens is 338 g/mol. The molecular formula is C17H26N5O2S+. The van der Waals surface area contributed by atoms with Crippen molar-refractivity contribution in [1.29, 1.82) is 0 Å². The van der Waals surface area contributed by atoms with E-state index in [-0.39, 0.29) is 11.2 Å². The van der Waals surface area contributed by atoms with Gasteiger partial charge in [-0.2, -0.15) is 0 Å². The fraction of sp³-hybridized carbons (Fsp3) is 0.588. The first-order valence-electron chi connectivity index (χ1n) is 8.74. The van der Waals surface area contributed by atoms with E-state index in [1.54, 1.807) is 11.2 Å². The summed E-state index contributed by atoms with van der Waals surface area (Å²) in [5.41, 5.74) is 0.930. The van der Waals surface area contributed by atoms with E-state index in [9.17, 15) is 4.79 Å². The smallest absolute Gasteiger partial charge is 0.236 e. The van der Waals surface area contributed by atoms with Gasteiger partial charge in [0.25, 0.3) is 0 Å². The van der Waals surface area contributed by atoms with Crippen molar-refractivity contribution in [1.82, 2.24) is 19.7 Å². The van der Waals surface area contributed by atoms with E-state index in [1.807, 2.05) is 36.4 Å². The minimum atomic E-state index is -0.177. The Morgan fingerprint density at radius 1 is 1.40 bits per heavy atom. The lowest BCUT2D eigenvalue weighted by Crippen LogP contribution is -3.14. The highest BCUT2D eigenvalue weighted by Gasteiger charge is 2.28. The molecule has 1 amide bonds. The molecule has 1 saturated heterocycles. The minimum Gasteiger partial charge on any atom is -0.469 e. The highest BCUT2D eigenvalue weighted by Crippen LogP contribution is 2.28. The Morgan fingerprint density at radius 3 is 2.72 bits per heavy atom. The van der Waals surface area contributed by atoms with Crippen LogP contribution in [0, 0.1) is 6.92 Å². The minimum absolute atomic E-state index is 0.177. The molecule has 1 atom stereocenters. The van der Waals surface area contributed by atoms with E-state index in [1.165, 1.54) is 11.8 Å². The van der Waals surface area contributed by atoms with Crippen LogP contribution in [0.15, 0.2) is 21.9 Å². The lowest BCUT2D eigenvalue weighted by atomic mass is 10.2. The predicted molar refractivity (Wildman–Crippen MR) is 96.6 cm³/mol. The summed E-state index contributed by atoms with van der Waals surface area (Å²) in [7, 11) is 1.92. The Labute approximate surface area is 152 Å². The summed E-state index contributed by atoms with van der Waals surface area (Å²) in [6.45, 7) is 10.9. The van der Waals surface area contributed by atoms with E-state index < -0.39 is 0 Å². The number of aryl methyl sites for hydroxylation is 1. The van der Waals surface area contributed by atoms with Crippen molar-refractivity contribution in [2.75, 3.05) is 32.7 Å². The number of hydrogen-bond acceptors (Lipinski definition) is 5.